The van der Waals surface area contributed by atoms with Crippen LogP contribution in [0.25, 0.3) is 0 Å². The first kappa shape index (κ1) is 20.8. The number of aromatic nitrogens is 2. The minimum absolute atomic E-state index is 0.312. The van der Waals surface area contributed by atoms with Crippen LogP contribution < -0.4 is 10.2 Å². The highest BCUT2D eigenvalue weighted by molar-refractivity contribution is 7.80. The predicted octanol–water partition coefficient (Wildman–Crippen LogP) is 5.81. The zero-order valence-electron chi connectivity index (χ0n) is 16.7. The quantitative estimate of drug-likeness (QED) is 0.472. The Labute approximate surface area is 177 Å². The lowest BCUT2D eigenvalue weighted by atomic mass is 10.1. The van der Waals surface area contributed by atoms with Crippen LogP contribution in [0.5, 0.6) is 0 Å². The van der Waals surface area contributed by atoms with Gasteiger partial charge in [0, 0.05) is 12.7 Å². The topological polar surface area (TPSA) is 50.3 Å². The fourth-order valence-corrected chi connectivity index (χ4v) is 4.06. The van der Waals surface area contributed by atoms with Crippen LogP contribution in [0.15, 0.2) is 24.3 Å². The molecule has 1 fully saturated rings. The minimum Gasteiger partial charge on any atom is -0.471 e. The van der Waals surface area contributed by atoms with Crippen molar-refractivity contribution in [1.29, 1.82) is 0 Å². The van der Waals surface area contributed by atoms with Crippen LogP contribution in [0, 0.1) is 19.8 Å². The lowest BCUT2D eigenvalue weighted by Gasteiger charge is -2.21. The normalized spacial score (nSPS) is 14.1. The van der Waals surface area contributed by atoms with Gasteiger partial charge < -0.3 is 15.0 Å². The van der Waals surface area contributed by atoms with Gasteiger partial charge in [-0.3, -0.25) is 0 Å². The van der Waals surface area contributed by atoms with Crippen molar-refractivity contribution in [2.45, 2.75) is 46.0 Å². The molecule has 1 N–H and O–H groups in total. The lowest BCUT2D eigenvalue weighted by molar-refractivity contribution is 0.273. The van der Waals surface area contributed by atoms with Gasteiger partial charge in [0.15, 0.2) is 5.15 Å². The molecule has 0 atom stereocenters. The van der Waals surface area contributed by atoms with Crippen LogP contribution in [0.1, 0.15) is 43.4 Å². The van der Waals surface area contributed by atoms with Crippen LogP contribution in [-0.4, -0.2) is 28.8 Å². The van der Waals surface area contributed by atoms with E-state index in [1.807, 2.05) is 37.1 Å². The molecule has 0 bridgehead atoms. The molecule has 150 valence electrons. The van der Waals surface area contributed by atoms with Gasteiger partial charge >= 0.3 is 0 Å². The zero-order chi connectivity index (χ0) is 20.1. The van der Waals surface area contributed by atoms with Gasteiger partial charge in [0.2, 0.25) is 5.95 Å². The number of hydrogen-bond donors (Lipinski definition) is 1. The van der Waals surface area contributed by atoms with Crippen molar-refractivity contribution in [3.05, 3.63) is 40.7 Å². The fourth-order valence-electron chi connectivity index (χ4n) is 3.62. The minimum atomic E-state index is 0.312. The molecule has 0 unspecified atom stereocenters. The van der Waals surface area contributed by atoms with Gasteiger partial charge in [-0.05, 0) is 50.0 Å². The number of aryl methyl sites for hydroxylation is 2. The molecule has 0 radical (unpaired) electrons. The Morgan fingerprint density at radius 2 is 1.96 bits per heavy atom. The number of nitrogens with zero attached hydrogens (tertiary/aromatic N) is 3. The molecule has 1 heterocycles. The van der Waals surface area contributed by atoms with E-state index >= 15 is 0 Å². The van der Waals surface area contributed by atoms with E-state index in [-0.39, 0.29) is 0 Å². The smallest absolute Gasteiger partial charge is 0.261 e. The second-order valence-corrected chi connectivity index (χ2v) is 8.05. The van der Waals surface area contributed by atoms with E-state index in [0.717, 1.165) is 29.3 Å². The molecule has 1 aromatic heterocycles. The number of nitrogens with one attached hydrogen (secondary N) is 1. The standard InChI is InChI=1S/C21H27ClN4OS/c1-14-8-4-7-11-17(14)26(3)20-23-15(2)18(19(22)25-20)24-21(28)27-13-12-16-9-5-6-10-16/h4,7-8,11,16H,5-6,9-10,12-13H2,1-3H3,(H,24,28). The van der Waals surface area contributed by atoms with Gasteiger partial charge in [0.05, 0.1) is 12.3 Å². The van der Waals surface area contributed by atoms with Crippen molar-refractivity contribution in [3.63, 3.8) is 0 Å². The summed E-state index contributed by atoms with van der Waals surface area (Å²) in [5, 5.41) is 3.69. The number of halogens is 1. The van der Waals surface area contributed by atoms with Crippen molar-refractivity contribution in [1.82, 2.24) is 9.97 Å². The van der Waals surface area contributed by atoms with E-state index in [1.165, 1.54) is 25.7 Å². The van der Waals surface area contributed by atoms with E-state index in [1.54, 1.807) is 0 Å². The molecular formula is C21H27ClN4OS. The van der Waals surface area contributed by atoms with Crippen LogP contribution >= 0.6 is 23.8 Å². The maximum Gasteiger partial charge on any atom is 0.261 e. The Balaban J connectivity index is 1.64. The Hall–Kier alpha value is -1.92. The van der Waals surface area contributed by atoms with Crippen LogP contribution in [0.2, 0.25) is 5.15 Å². The van der Waals surface area contributed by atoms with Gasteiger partial charge in [-0.2, -0.15) is 4.98 Å². The highest BCUT2D eigenvalue weighted by Gasteiger charge is 2.17. The number of hydrogen-bond acceptors (Lipinski definition) is 5. The first-order chi connectivity index (χ1) is 13.5. The molecule has 3 rings (SSSR count). The van der Waals surface area contributed by atoms with Gasteiger partial charge in [-0.25, -0.2) is 4.98 Å². The Morgan fingerprint density at radius 1 is 1.25 bits per heavy atom. The van der Waals surface area contributed by atoms with E-state index in [4.69, 9.17) is 28.6 Å². The number of thiocarbonyl (C=S) groups is 1. The third-order valence-corrected chi connectivity index (χ3v) is 5.77. The summed E-state index contributed by atoms with van der Waals surface area (Å²) < 4.78 is 5.68. The van der Waals surface area contributed by atoms with Crippen molar-refractivity contribution < 1.29 is 4.74 Å². The molecule has 0 amide bonds. The molecule has 1 aromatic carbocycles. The molecule has 2 aromatic rings. The molecule has 5 nitrogen and oxygen atoms in total. The Morgan fingerprint density at radius 3 is 2.64 bits per heavy atom. The third-order valence-electron chi connectivity index (χ3n) is 5.27. The van der Waals surface area contributed by atoms with Gasteiger partial charge in [-0.1, -0.05) is 55.5 Å². The van der Waals surface area contributed by atoms with Gasteiger partial charge in [0.1, 0.15) is 5.69 Å². The average Bonchev–Trinajstić information content (AvgIpc) is 3.18. The summed E-state index contributed by atoms with van der Waals surface area (Å²) >= 11 is 11.7. The summed E-state index contributed by atoms with van der Waals surface area (Å²) in [5.41, 5.74) is 3.48. The largest absolute Gasteiger partial charge is 0.471 e. The third kappa shape index (κ3) is 5.11. The van der Waals surface area contributed by atoms with Crippen LogP contribution in [-0.2, 0) is 4.74 Å². The van der Waals surface area contributed by atoms with E-state index < -0.39 is 0 Å². The Kier molecular flexibility index (Phi) is 7.08. The summed E-state index contributed by atoms with van der Waals surface area (Å²) in [5.74, 6) is 1.31. The zero-order valence-corrected chi connectivity index (χ0v) is 18.2. The number of benzene rings is 1. The highest BCUT2D eigenvalue weighted by atomic mass is 35.5. The molecule has 1 saturated carbocycles. The molecule has 0 aliphatic heterocycles. The molecule has 0 saturated heterocycles. The number of anilines is 3. The average molecular weight is 419 g/mol. The number of para-hydroxylation sites is 1. The predicted molar refractivity (Wildman–Crippen MR) is 120 cm³/mol. The summed E-state index contributed by atoms with van der Waals surface area (Å²) in [7, 11) is 1.93. The van der Waals surface area contributed by atoms with Crippen molar-refractivity contribution >= 4 is 46.3 Å². The second-order valence-electron chi connectivity index (χ2n) is 7.32. The maximum absolute atomic E-state index is 6.43. The summed E-state index contributed by atoms with van der Waals surface area (Å²) in [4.78, 5) is 11.0. The molecule has 0 spiro atoms. The monoisotopic (exact) mass is 418 g/mol. The summed E-state index contributed by atoms with van der Waals surface area (Å²) in [6.45, 7) is 4.56. The molecule has 28 heavy (non-hydrogen) atoms. The van der Waals surface area contributed by atoms with Gasteiger partial charge in [-0.15, -0.1) is 0 Å². The lowest BCUT2D eigenvalue weighted by Crippen LogP contribution is -2.19. The Bertz CT molecular complexity index is 816. The SMILES string of the molecule is Cc1ccccc1N(C)c1nc(C)c(NC(=S)OCCC2CCCC2)c(Cl)n1. The van der Waals surface area contributed by atoms with Crippen LogP contribution in [0.4, 0.5) is 17.3 Å². The fraction of sp³-hybridized carbons (Fsp3) is 0.476. The van der Waals surface area contributed by atoms with E-state index in [2.05, 4.69) is 28.3 Å². The number of rotatable bonds is 6. The van der Waals surface area contributed by atoms with Crippen molar-refractivity contribution in [2.75, 3.05) is 23.9 Å². The first-order valence-electron chi connectivity index (χ1n) is 9.73. The molecular weight excluding hydrogens is 392 g/mol. The van der Waals surface area contributed by atoms with E-state index in [0.29, 0.717) is 28.6 Å². The first-order valence-corrected chi connectivity index (χ1v) is 10.5. The summed E-state index contributed by atoms with van der Waals surface area (Å²) in [6.07, 6.45) is 6.33. The van der Waals surface area contributed by atoms with Gasteiger partial charge in [0.25, 0.3) is 5.17 Å². The highest BCUT2D eigenvalue weighted by Crippen LogP contribution is 2.30. The molecule has 1 aliphatic carbocycles. The maximum atomic E-state index is 6.43. The van der Waals surface area contributed by atoms with Crippen LogP contribution in [0.3, 0.4) is 0 Å². The molecule has 1 aliphatic rings. The van der Waals surface area contributed by atoms with Crippen molar-refractivity contribution in [3.8, 4) is 0 Å². The number of ether oxygens (including phenoxy) is 1. The van der Waals surface area contributed by atoms with E-state index in [9.17, 15) is 0 Å². The molecule has 7 heteroatoms. The summed E-state index contributed by atoms with van der Waals surface area (Å²) in [6, 6.07) is 8.08. The second kappa shape index (κ2) is 9.52. The van der Waals surface area contributed by atoms with Crippen molar-refractivity contribution in [2.24, 2.45) is 5.92 Å².